The van der Waals surface area contributed by atoms with E-state index in [0.29, 0.717) is 17.8 Å². The number of aliphatic carboxylic acids is 1. The smallest absolute Gasteiger partial charge is 0.313 e. The van der Waals surface area contributed by atoms with Crippen molar-refractivity contribution >= 4 is 61.8 Å². The van der Waals surface area contributed by atoms with Crippen LogP contribution < -0.4 is 24.8 Å². The number of ether oxygens (including phenoxy) is 1. The summed E-state index contributed by atoms with van der Waals surface area (Å²) in [5.74, 6) is -4.09. The highest BCUT2D eigenvalue weighted by Gasteiger charge is 2.41. The lowest BCUT2D eigenvalue weighted by atomic mass is 9.83. The lowest BCUT2D eigenvalue weighted by Crippen LogP contribution is -2.46. The first-order valence-electron chi connectivity index (χ1n) is 15.8. The van der Waals surface area contributed by atoms with E-state index in [1.165, 1.54) is 22.7 Å². The largest absolute Gasteiger partial charge is 0.744 e. The van der Waals surface area contributed by atoms with Crippen molar-refractivity contribution in [2.24, 2.45) is 0 Å². The Morgan fingerprint density at radius 3 is 2.31 bits per heavy atom. The molecule has 2 aromatic heterocycles. The molecule has 3 aromatic carbocycles. The zero-order valence-electron chi connectivity index (χ0n) is 28.2. The van der Waals surface area contributed by atoms with Gasteiger partial charge in [0.2, 0.25) is 5.36 Å². The number of carboxylic acids is 1. The van der Waals surface area contributed by atoms with E-state index in [4.69, 9.17) is 4.74 Å². The zero-order valence-corrected chi connectivity index (χ0v) is 31.4. The molecule has 0 amide bonds. The summed E-state index contributed by atoms with van der Waals surface area (Å²) >= 11 is 3.54. The van der Waals surface area contributed by atoms with Crippen LogP contribution >= 0.6 is 34.4 Å². The first-order chi connectivity index (χ1) is 23.9. The number of halogens is 2. The highest BCUT2D eigenvalue weighted by atomic mass is 32.2. The molecule has 0 fully saturated rings. The number of fused-ring (bicyclic) bond motifs is 8. The van der Waals surface area contributed by atoms with Crippen LogP contribution in [0.1, 0.15) is 49.9 Å². The summed E-state index contributed by atoms with van der Waals surface area (Å²) in [7, 11) is -1.70. The third kappa shape index (κ3) is 4.87. The van der Waals surface area contributed by atoms with Crippen LogP contribution in [-0.2, 0) is 26.0 Å². The molecule has 51 heavy (non-hydrogen) atoms. The number of carboxylic acid groups (broad SMARTS) is 1. The standard InChI is InChI=1S/C37H30F2N2O6S4/c1-36(2)21-7-9-48-33(21)17-11-19-26(14-24(17)40(36)5)47-27-15-25-18(34-22(8-10-49-34)37(3,4)41(25)6)12-20(27)30(19)31-32(39)28(50-16-29(42)43)13-23(38)35(31)51(44,45)46/h7-15H,16H2,1-6H3,(H-,42,43,44,45,46). The van der Waals surface area contributed by atoms with Gasteiger partial charge in [-0.2, -0.15) is 0 Å². The molecule has 0 aliphatic carbocycles. The van der Waals surface area contributed by atoms with Gasteiger partial charge in [0.05, 0.1) is 27.8 Å². The van der Waals surface area contributed by atoms with Crippen molar-refractivity contribution in [3.05, 3.63) is 97.7 Å². The summed E-state index contributed by atoms with van der Waals surface area (Å²) in [6, 6.07) is 11.8. The van der Waals surface area contributed by atoms with E-state index in [9.17, 15) is 22.9 Å². The quantitative estimate of drug-likeness (QED) is 0.115. The van der Waals surface area contributed by atoms with Crippen molar-refractivity contribution < 1.29 is 36.4 Å². The van der Waals surface area contributed by atoms with Gasteiger partial charge in [-0.05, 0) is 60.5 Å². The molecule has 0 bridgehead atoms. The molecule has 3 aliphatic heterocycles. The third-order valence-corrected chi connectivity index (χ3v) is 14.3. The second-order valence-electron chi connectivity index (χ2n) is 13.8. The van der Waals surface area contributed by atoms with Gasteiger partial charge < -0.3 is 19.3 Å². The summed E-state index contributed by atoms with van der Waals surface area (Å²) in [6.45, 7) is 8.39. The predicted octanol–water partition coefficient (Wildman–Crippen LogP) is 6.91. The normalized spacial score (nSPS) is 16.4. The molecule has 262 valence electrons. The number of rotatable bonds is 5. The predicted molar refractivity (Wildman–Crippen MR) is 195 cm³/mol. The van der Waals surface area contributed by atoms with Crippen LogP contribution in [0.4, 0.5) is 14.5 Å². The van der Waals surface area contributed by atoms with Gasteiger partial charge in [-0.25, -0.2) is 21.8 Å². The molecule has 8 rings (SSSR count). The Morgan fingerprint density at radius 2 is 1.65 bits per heavy atom. The summed E-state index contributed by atoms with van der Waals surface area (Å²) in [5.41, 5.74) is 3.09. The summed E-state index contributed by atoms with van der Waals surface area (Å²) in [5, 5.41) is 14.4. The number of thioether (sulfide) groups is 1. The van der Waals surface area contributed by atoms with Gasteiger partial charge in [0.25, 0.3) is 0 Å². The minimum Gasteiger partial charge on any atom is -0.744 e. The maximum absolute atomic E-state index is 17.0. The van der Waals surface area contributed by atoms with Gasteiger partial charge in [0.15, 0.2) is 5.54 Å². The van der Waals surface area contributed by atoms with Gasteiger partial charge >= 0.3 is 5.97 Å². The van der Waals surface area contributed by atoms with E-state index in [1.54, 1.807) is 12.1 Å². The zero-order chi connectivity index (χ0) is 36.5. The van der Waals surface area contributed by atoms with Crippen molar-refractivity contribution in [1.82, 2.24) is 4.58 Å². The van der Waals surface area contributed by atoms with Crippen LogP contribution in [0.3, 0.4) is 0 Å². The third-order valence-electron chi connectivity index (χ3n) is 10.5. The van der Waals surface area contributed by atoms with Crippen LogP contribution in [0.2, 0.25) is 0 Å². The maximum Gasteiger partial charge on any atom is 0.313 e. The molecule has 0 saturated carbocycles. The second-order valence-corrected chi connectivity index (χ2v) is 17.9. The molecule has 14 heteroatoms. The fourth-order valence-electron chi connectivity index (χ4n) is 7.41. The minimum absolute atomic E-state index is 0.0448. The van der Waals surface area contributed by atoms with E-state index in [1.807, 2.05) is 49.1 Å². The lowest BCUT2D eigenvalue weighted by Gasteiger charge is -2.43. The number of carbonyl (C=O) groups is 1. The van der Waals surface area contributed by atoms with E-state index in [2.05, 4.69) is 37.2 Å². The number of thiophene rings is 2. The van der Waals surface area contributed by atoms with Crippen LogP contribution in [0.15, 0.2) is 63.0 Å². The lowest BCUT2D eigenvalue weighted by molar-refractivity contribution is -0.133. The molecule has 1 N–H and O–H groups in total. The Hall–Kier alpha value is -4.08. The van der Waals surface area contributed by atoms with E-state index < -0.39 is 59.9 Å². The highest BCUT2D eigenvalue weighted by molar-refractivity contribution is 8.00. The van der Waals surface area contributed by atoms with Crippen molar-refractivity contribution in [3.63, 3.8) is 0 Å². The van der Waals surface area contributed by atoms with Gasteiger partial charge in [0, 0.05) is 75.5 Å². The summed E-state index contributed by atoms with van der Waals surface area (Å²) < 4.78 is 80.4. The van der Waals surface area contributed by atoms with Crippen LogP contribution in [0.25, 0.3) is 26.5 Å². The van der Waals surface area contributed by atoms with E-state index in [0.717, 1.165) is 43.1 Å². The van der Waals surface area contributed by atoms with E-state index in [-0.39, 0.29) is 27.9 Å². The molecule has 5 aromatic rings. The fraction of sp³-hybridized carbons (Fsp3) is 0.243. The second kappa shape index (κ2) is 11.2. The molecule has 0 atom stereocenters. The monoisotopic (exact) mass is 764 g/mol. The van der Waals surface area contributed by atoms with Crippen LogP contribution in [0, 0.1) is 11.6 Å². The molecule has 0 radical (unpaired) electrons. The Bertz CT molecular complexity index is 2640. The number of nitrogens with zero attached hydrogens (tertiary/aromatic N) is 2. The van der Waals surface area contributed by atoms with Gasteiger partial charge in [-0.3, -0.25) is 4.79 Å². The average Bonchev–Trinajstić information content (AvgIpc) is 3.76. The molecule has 3 aliphatic rings. The molecular formula is C37H30F2N2O6S4. The molecule has 8 nitrogen and oxygen atoms in total. The summed E-state index contributed by atoms with van der Waals surface area (Å²) in [6.07, 6.45) is 0. The van der Waals surface area contributed by atoms with E-state index >= 15 is 8.78 Å². The first-order valence-corrected chi connectivity index (χ1v) is 20.0. The van der Waals surface area contributed by atoms with Crippen LogP contribution in [0.5, 0.6) is 11.5 Å². The minimum atomic E-state index is -5.62. The number of hydrogen-bond acceptors (Lipinski definition) is 9. The molecule has 0 saturated heterocycles. The number of hydrogen-bond donors (Lipinski definition) is 1. The Morgan fingerprint density at radius 1 is 0.980 bits per heavy atom. The molecule has 0 spiro atoms. The van der Waals surface area contributed by atoms with Crippen molar-refractivity contribution in [2.75, 3.05) is 24.7 Å². The topological polar surface area (TPSA) is 110 Å². The fourth-order valence-corrected chi connectivity index (χ4v) is 11.0. The molecule has 5 heterocycles. The van der Waals surface area contributed by atoms with Gasteiger partial charge in [-0.1, -0.05) is 0 Å². The number of anilines is 1. The molecular weight excluding hydrogens is 735 g/mol. The highest BCUT2D eigenvalue weighted by Crippen LogP contribution is 2.53. The number of benzene rings is 3. The Balaban J connectivity index is 1.56. The Labute approximate surface area is 304 Å². The van der Waals surface area contributed by atoms with Crippen molar-refractivity contribution in [2.45, 2.75) is 48.6 Å². The van der Waals surface area contributed by atoms with Crippen molar-refractivity contribution in [3.8, 4) is 32.4 Å². The SMILES string of the molecule is CN1c2cc3c(cc2-c2sccc2C1(C)C)C(c1c(F)c(SCC(=O)O)cc(F)c1S(=O)(=O)[O-])=c1cc2c(cc1O3)=[N+](C)C(C)(C)c1ccsc1-2. The van der Waals surface area contributed by atoms with Crippen molar-refractivity contribution in [1.29, 1.82) is 0 Å². The molecule has 0 unspecified atom stereocenters. The first kappa shape index (κ1) is 34.0. The average molecular weight is 765 g/mol. The van der Waals surface area contributed by atoms with Crippen LogP contribution in [-0.4, -0.2) is 43.9 Å². The maximum atomic E-state index is 17.0. The summed E-state index contributed by atoms with van der Waals surface area (Å²) in [4.78, 5) is 13.7. The van der Waals surface area contributed by atoms with Gasteiger partial charge in [0.1, 0.15) is 45.2 Å². The van der Waals surface area contributed by atoms with Gasteiger partial charge in [-0.15, -0.1) is 34.4 Å². The Kier molecular flexibility index (Phi) is 7.48.